The Labute approximate surface area is 71.5 Å². The zero-order valence-corrected chi connectivity index (χ0v) is 6.77. The maximum absolute atomic E-state index is 9.10. The molecular weight excluding hydrogens is 154 g/mol. The summed E-state index contributed by atoms with van der Waals surface area (Å²) < 4.78 is 0. The second-order valence-corrected chi connectivity index (χ2v) is 2.82. The first-order valence-electron chi connectivity index (χ1n) is 3.86. The Bertz CT molecular complexity index is 250. The highest BCUT2D eigenvalue weighted by Crippen LogP contribution is 2.11. The van der Waals surface area contributed by atoms with Crippen LogP contribution in [0.2, 0.25) is 0 Å². The molecule has 0 amide bonds. The van der Waals surface area contributed by atoms with Gasteiger partial charge in [-0.15, -0.1) is 0 Å². The van der Waals surface area contributed by atoms with Crippen LogP contribution in [0, 0.1) is 0 Å². The first-order chi connectivity index (χ1) is 5.72. The largest absolute Gasteiger partial charge is 0.508 e. The lowest BCUT2D eigenvalue weighted by atomic mass is 10.1. The predicted octanol–water partition coefficient (Wildman–Crippen LogP) is 0.254. The van der Waals surface area contributed by atoms with Gasteiger partial charge in [0, 0.05) is 6.04 Å². The first-order valence-corrected chi connectivity index (χ1v) is 3.86. The minimum atomic E-state index is -0.244. The van der Waals surface area contributed by atoms with Gasteiger partial charge in [0.25, 0.3) is 0 Å². The minimum absolute atomic E-state index is 0.0321. The summed E-state index contributed by atoms with van der Waals surface area (Å²) in [6.07, 6.45) is 0.588. The zero-order valence-electron chi connectivity index (χ0n) is 6.77. The summed E-state index contributed by atoms with van der Waals surface area (Å²) in [6.45, 7) is -0.0321. The highest BCUT2D eigenvalue weighted by atomic mass is 16.3. The maximum atomic E-state index is 9.10. The van der Waals surface area contributed by atoms with Crippen LogP contribution in [0.1, 0.15) is 5.56 Å². The maximum Gasteiger partial charge on any atom is 0.115 e. The predicted molar refractivity (Wildman–Crippen MR) is 46.9 cm³/mol. The Morgan fingerprint density at radius 1 is 1.42 bits per heavy atom. The molecule has 1 atom stereocenters. The van der Waals surface area contributed by atoms with Crippen LogP contribution in [0.3, 0.4) is 0 Å². The van der Waals surface area contributed by atoms with E-state index in [-0.39, 0.29) is 18.4 Å². The zero-order chi connectivity index (χ0) is 8.97. The Hall–Kier alpha value is -1.06. The van der Waals surface area contributed by atoms with Crippen molar-refractivity contribution in [1.29, 1.82) is 0 Å². The number of aliphatic hydroxyl groups is 1. The molecule has 1 aromatic carbocycles. The fourth-order valence-electron chi connectivity index (χ4n) is 1.05. The second kappa shape index (κ2) is 4.09. The Kier molecular flexibility index (Phi) is 3.08. The molecule has 4 N–H and O–H groups in total. The Balaban J connectivity index is 2.63. The van der Waals surface area contributed by atoms with Gasteiger partial charge in [-0.1, -0.05) is 12.1 Å². The molecule has 66 valence electrons. The van der Waals surface area contributed by atoms with Crippen LogP contribution in [0.5, 0.6) is 5.75 Å². The number of benzene rings is 1. The third-order valence-corrected chi connectivity index (χ3v) is 1.64. The molecule has 0 aromatic heterocycles. The standard InChI is InChI=1S/C9H13NO2/c10-8(6-11)4-7-2-1-3-9(12)5-7/h1-3,5,8,11-12H,4,6,10H2/t8-/m1/s1. The number of hydrogen-bond acceptors (Lipinski definition) is 3. The van der Waals surface area contributed by atoms with Crippen molar-refractivity contribution in [2.45, 2.75) is 12.5 Å². The van der Waals surface area contributed by atoms with E-state index in [9.17, 15) is 0 Å². The average Bonchev–Trinajstić information content (AvgIpc) is 2.04. The molecule has 0 aliphatic rings. The van der Waals surface area contributed by atoms with Crippen molar-refractivity contribution in [2.75, 3.05) is 6.61 Å². The summed E-state index contributed by atoms with van der Waals surface area (Å²) >= 11 is 0. The smallest absolute Gasteiger partial charge is 0.115 e. The Morgan fingerprint density at radius 2 is 2.17 bits per heavy atom. The van der Waals surface area contributed by atoms with E-state index >= 15 is 0 Å². The number of phenols is 1. The van der Waals surface area contributed by atoms with E-state index in [0.29, 0.717) is 6.42 Å². The van der Waals surface area contributed by atoms with Crippen molar-refractivity contribution in [2.24, 2.45) is 5.73 Å². The molecule has 3 heteroatoms. The molecular formula is C9H13NO2. The number of phenolic OH excluding ortho intramolecular Hbond substituents is 1. The summed E-state index contributed by atoms with van der Waals surface area (Å²) in [5.41, 5.74) is 6.46. The molecule has 3 nitrogen and oxygen atoms in total. The molecule has 0 spiro atoms. The van der Waals surface area contributed by atoms with Gasteiger partial charge < -0.3 is 15.9 Å². The van der Waals surface area contributed by atoms with Crippen molar-refractivity contribution in [1.82, 2.24) is 0 Å². The van der Waals surface area contributed by atoms with Gasteiger partial charge in [0.2, 0.25) is 0 Å². The quantitative estimate of drug-likeness (QED) is 0.604. The normalized spacial score (nSPS) is 12.8. The molecule has 0 fully saturated rings. The summed E-state index contributed by atoms with van der Waals surface area (Å²) in [5, 5.41) is 17.8. The first kappa shape index (κ1) is 9.03. The summed E-state index contributed by atoms with van der Waals surface area (Å²) in [7, 11) is 0. The van der Waals surface area contributed by atoms with Gasteiger partial charge in [-0.2, -0.15) is 0 Å². The topological polar surface area (TPSA) is 66.5 Å². The highest BCUT2D eigenvalue weighted by Gasteiger charge is 2.01. The van der Waals surface area contributed by atoms with E-state index in [1.165, 1.54) is 0 Å². The minimum Gasteiger partial charge on any atom is -0.508 e. The molecule has 0 bridgehead atoms. The molecule has 0 aliphatic heterocycles. The van der Waals surface area contributed by atoms with Crippen molar-refractivity contribution in [3.8, 4) is 5.75 Å². The van der Waals surface area contributed by atoms with Crippen LogP contribution >= 0.6 is 0 Å². The second-order valence-electron chi connectivity index (χ2n) is 2.82. The third kappa shape index (κ3) is 2.53. The fraction of sp³-hybridized carbons (Fsp3) is 0.333. The average molecular weight is 167 g/mol. The number of aromatic hydroxyl groups is 1. The van der Waals surface area contributed by atoms with Gasteiger partial charge in [0.1, 0.15) is 5.75 Å². The molecule has 1 aromatic rings. The van der Waals surface area contributed by atoms with E-state index in [4.69, 9.17) is 15.9 Å². The van der Waals surface area contributed by atoms with Crippen molar-refractivity contribution < 1.29 is 10.2 Å². The molecule has 0 saturated carbocycles. The van der Waals surface area contributed by atoms with Gasteiger partial charge in [-0.25, -0.2) is 0 Å². The van der Waals surface area contributed by atoms with E-state index in [1.807, 2.05) is 6.07 Å². The van der Waals surface area contributed by atoms with Crippen LogP contribution in [-0.4, -0.2) is 22.9 Å². The third-order valence-electron chi connectivity index (χ3n) is 1.64. The van der Waals surface area contributed by atoms with Crippen molar-refractivity contribution in [3.05, 3.63) is 29.8 Å². The number of aliphatic hydroxyl groups excluding tert-OH is 1. The highest BCUT2D eigenvalue weighted by molar-refractivity contribution is 5.27. The molecule has 1 rings (SSSR count). The van der Waals surface area contributed by atoms with Gasteiger partial charge in [0.05, 0.1) is 6.61 Å². The van der Waals surface area contributed by atoms with Gasteiger partial charge in [0.15, 0.2) is 0 Å². The summed E-state index contributed by atoms with van der Waals surface area (Å²) in [4.78, 5) is 0. The fourth-order valence-corrected chi connectivity index (χ4v) is 1.05. The van der Waals surface area contributed by atoms with Crippen molar-refractivity contribution in [3.63, 3.8) is 0 Å². The van der Waals surface area contributed by atoms with Gasteiger partial charge in [-0.3, -0.25) is 0 Å². The van der Waals surface area contributed by atoms with Gasteiger partial charge >= 0.3 is 0 Å². The van der Waals surface area contributed by atoms with Crippen LogP contribution in [0.4, 0.5) is 0 Å². The molecule has 0 saturated heterocycles. The molecule has 12 heavy (non-hydrogen) atoms. The molecule has 0 unspecified atom stereocenters. The lowest BCUT2D eigenvalue weighted by Gasteiger charge is -2.07. The lowest BCUT2D eigenvalue weighted by Crippen LogP contribution is -2.26. The van der Waals surface area contributed by atoms with Crippen LogP contribution < -0.4 is 5.73 Å². The number of nitrogens with two attached hydrogens (primary N) is 1. The molecule has 0 aliphatic carbocycles. The van der Waals surface area contributed by atoms with E-state index < -0.39 is 0 Å². The molecule has 0 heterocycles. The van der Waals surface area contributed by atoms with Crippen LogP contribution in [0.25, 0.3) is 0 Å². The number of rotatable bonds is 3. The van der Waals surface area contributed by atoms with E-state index in [2.05, 4.69) is 0 Å². The number of hydrogen-bond donors (Lipinski definition) is 3. The molecule has 0 radical (unpaired) electrons. The SMILES string of the molecule is N[C@@H](CO)Cc1cccc(O)c1. The van der Waals surface area contributed by atoms with E-state index in [0.717, 1.165) is 5.56 Å². The van der Waals surface area contributed by atoms with Gasteiger partial charge in [-0.05, 0) is 24.1 Å². The monoisotopic (exact) mass is 167 g/mol. The van der Waals surface area contributed by atoms with Crippen LogP contribution in [0.15, 0.2) is 24.3 Å². The lowest BCUT2D eigenvalue weighted by molar-refractivity contribution is 0.265. The van der Waals surface area contributed by atoms with E-state index in [1.54, 1.807) is 18.2 Å². The van der Waals surface area contributed by atoms with Crippen molar-refractivity contribution >= 4 is 0 Å². The summed E-state index contributed by atoms with van der Waals surface area (Å²) in [6, 6.07) is 6.64. The summed E-state index contributed by atoms with van der Waals surface area (Å²) in [5.74, 6) is 0.234. The van der Waals surface area contributed by atoms with Crippen LogP contribution in [-0.2, 0) is 6.42 Å². The Morgan fingerprint density at radius 3 is 2.75 bits per heavy atom.